The maximum absolute atomic E-state index is 11.6. The number of carbonyl (C=O) groups excluding carboxylic acids is 1. The van der Waals surface area contributed by atoms with Crippen molar-refractivity contribution in [3.05, 3.63) is 0 Å². The number of halogens is 1. The third-order valence-corrected chi connectivity index (χ3v) is 3.63. The Kier molecular flexibility index (Phi) is 2.66. The fourth-order valence-corrected chi connectivity index (χ4v) is 3.08. The van der Waals surface area contributed by atoms with Crippen LogP contribution in [0.25, 0.3) is 0 Å². The van der Waals surface area contributed by atoms with Crippen molar-refractivity contribution in [1.82, 2.24) is 10.6 Å². The summed E-state index contributed by atoms with van der Waals surface area (Å²) in [6.07, 6.45) is 1.70. The molecular weight excluding hydrogens is 220 g/mol. The van der Waals surface area contributed by atoms with Crippen molar-refractivity contribution < 1.29 is 4.79 Å². The molecule has 2 rings (SSSR count). The van der Waals surface area contributed by atoms with Gasteiger partial charge in [-0.1, -0.05) is 6.92 Å². The summed E-state index contributed by atoms with van der Waals surface area (Å²) in [5.41, 5.74) is 0. The van der Waals surface area contributed by atoms with E-state index in [4.69, 9.17) is 23.8 Å². The molecule has 2 fully saturated rings. The molecule has 1 aliphatic heterocycles. The van der Waals surface area contributed by atoms with Crippen LogP contribution in [0, 0.1) is 11.8 Å². The summed E-state index contributed by atoms with van der Waals surface area (Å²) in [7, 11) is 0. The smallest absolute Gasteiger partial charge is 0.231 e. The van der Waals surface area contributed by atoms with Gasteiger partial charge < -0.3 is 10.6 Å². The second kappa shape index (κ2) is 3.66. The molecule has 0 aromatic heterocycles. The van der Waals surface area contributed by atoms with E-state index in [-0.39, 0.29) is 23.2 Å². The molecule has 1 amide bonds. The van der Waals surface area contributed by atoms with E-state index in [1.54, 1.807) is 0 Å². The van der Waals surface area contributed by atoms with Crippen molar-refractivity contribution in [2.45, 2.75) is 31.2 Å². The lowest BCUT2D eigenvalue weighted by atomic mass is 9.76. The van der Waals surface area contributed by atoms with Crippen molar-refractivity contribution in [2.75, 3.05) is 0 Å². The van der Waals surface area contributed by atoms with Crippen molar-refractivity contribution in [3.63, 3.8) is 0 Å². The summed E-state index contributed by atoms with van der Waals surface area (Å²) in [5, 5.41) is 6.37. The van der Waals surface area contributed by atoms with Crippen LogP contribution in [0.15, 0.2) is 0 Å². The van der Waals surface area contributed by atoms with Crippen LogP contribution >= 0.6 is 23.8 Å². The second-order valence-corrected chi connectivity index (χ2v) is 5.17. The van der Waals surface area contributed by atoms with Crippen LogP contribution in [-0.4, -0.2) is 22.4 Å². The molecule has 3 nitrogen and oxygen atoms in total. The zero-order valence-corrected chi connectivity index (χ0v) is 9.49. The maximum Gasteiger partial charge on any atom is 0.231 e. The van der Waals surface area contributed by atoms with Gasteiger partial charge in [0.25, 0.3) is 0 Å². The van der Waals surface area contributed by atoms with Gasteiger partial charge in [0.15, 0.2) is 5.11 Å². The number of carbonyl (C=O) groups is 1. The Balaban J connectivity index is 2.18. The fourth-order valence-electron chi connectivity index (χ4n) is 2.37. The van der Waals surface area contributed by atoms with Crippen molar-refractivity contribution >= 4 is 34.8 Å². The number of hydrogen-bond acceptors (Lipinski definition) is 2. The highest BCUT2D eigenvalue weighted by atomic mass is 35.5. The minimum atomic E-state index is -0.0204. The predicted octanol–water partition coefficient (Wildman–Crippen LogP) is 1.01. The first kappa shape index (κ1) is 10.2. The Morgan fingerprint density at radius 3 is 2.93 bits per heavy atom. The van der Waals surface area contributed by atoms with Gasteiger partial charge in [-0.3, -0.25) is 4.79 Å². The predicted molar refractivity (Wildman–Crippen MR) is 59.2 cm³/mol. The van der Waals surface area contributed by atoms with Gasteiger partial charge in [0.1, 0.15) is 0 Å². The highest BCUT2D eigenvalue weighted by molar-refractivity contribution is 7.80. The van der Waals surface area contributed by atoms with Crippen LogP contribution < -0.4 is 10.6 Å². The van der Waals surface area contributed by atoms with E-state index in [1.165, 1.54) is 0 Å². The molecule has 0 aromatic rings. The third-order valence-electron chi connectivity index (χ3n) is 3.06. The van der Waals surface area contributed by atoms with E-state index in [2.05, 4.69) is 17.6 Å². The molecule has 4 unspecified atom stereocenters. The molecule has 1 aliphatic carbocycles. The Morgan fingerprint density at radius 2 is 2.21 bits per heavy atom. The third kappa shape index (κ3) is 1.73. The number of amides is 1. The summed E-state index contributed by atoms with van der Waals surface area (Å²) in [6, 6.07) is 0.172. The minimum Gasteiger partial charge on any atom is -0.359 e. The molecule has 4 atom stereocenters. The van der Waals surface area contributed by atoms with Gasteiger partial charge >= 0.3 is 0 Å². The summed E-state index contributed by atoms with van der Waals surface area (Å²) in [6.45, 7) is 2.11. The Labute approximate surface area is 93.6 Å². The topological polar surface area (TPSA) is 41.1 Å². The van der Waals surface area contributed by atoms with Gasteiger partial charge in [-0.2, -0.15) is 0 Å². The molecule has 0 spiro atoms. The van der Waals surface area contributed by atoms with Crippen molar-refractivity contribution in [1.29, 1.82) is 0 Å². The van der Waals surface area contributed by atoms with E-state index in [0.717, 1.165) is 12.8 Å². The molecule has 1 saturated carbocycles. The summed E-state index contributed by atoms with van der Waals surface area (Å²) in [4.78, 5) is 11.6. The SMILES string of the molecule is CC1CC(Cl)CC2C(=O)NC(=S)NC12. The molecule has 0 aromatic carbocycles. The van der Waals surface area contributed by atoms with E-state index >= 15 is 0 Å². The molecular formula is C9H13ClN2OS. The first-order chi connectivity index (χ1) is 6.58. The summed E-state index contributed by atoms with van der Waals surface area (Å²) in [5.74, 6) is 0.407. The van der Waals surface area contributed by atoms with Gasteiger partial charge in [0.2, 0.25) is 5.91 Å². The Bertz CT molecular complexity index is 284. The van der Waals surface area contributed by atoms with Gasteiger partial charge in [-0.15, -0.1) is 11.6 Å². The highest BCUT2D eigenvalue weighted by Crippen LogP contribution is 2.33. The van der Waals surface area contributed by atoms with Gasteiger partial charge in [0, 0.05) is 11.4 Å². The summed E-state index contributed by atoms with van der Waals surface area (Å²) < 4.78 is 0. The highest BCUT2D eigenvalue weighted by Gasteiger charge is 2.42. The van der Waals surface area contributed by atoms with Crippen LogP contribution in [0.1, 0.15) is 19.8 Å². The molecule has 2 aliphatic rings. The van der Waals surface area contributed by atoms with Crippen LogP contribution in [-0.2, 0) is 4.79 Å². The lowest BCUT2D eigenvalue weighted by Crippen LogP contribution is -2.62. The molecule has 0 bridgehead atoms. The normalized spacial score (nSPS) is 42.4. The van der Waals surface area contributed by atoms with Gasteiger partial charge in [-0.05, 0) is 31.0 Å². The number of hydrogen-bond donors (Lipinski definition) is 2. The first-order valence-corrected chi connectivity index (χ1v) is 5.68. The number of fused-ring (bicyclic) bond motifs is 1. The second-order valence-electron chi connectivity index (χ2n) is 4.14. The first-order valence-electron chi connectivity index (χ1n) is 4.83. The number of rotatable bonds is 0. The maximum atomic E-state index is 11.6. The molecule has 1 heterocycles. The van der Waals surface area contributed by atoms with Crippen LogP contribution in [0.5, 0.6) is 0 Å². The zero-order chi connectivity index (χ0) is 10.3. The van der Waals surface area contributed by atoms with E-state index in [0.29, 0.717) is 11.0 Å². The number of nitrogens with one attached hydrogen (secondary N) is 2. The minimum absolute atomic E-state index is 0.0204. The lowest BCUT2D eigenvalue weighted by Gasteiger charge is -2.41. The molecule has 78 valence electrons. The number of thiocarbonyl (C=S) groups is 1. The average Bonchev–Trinajstić information content (AvgIpc) is 2.07. The monoisotopic (exact) mass is 232 g/mol. The quantitative estimate of drug-likeness (QED) is 0.484. The van der Waals surface area contributed by atoms with Gasteiger partial charge in [0.05, 0.1) is 5.92 Å². The van der Waals surface area contributed by atoms with Crippen molar-refractivity contribution in [3.8, 4) is 0 Å². The van der Waals surface area contributed by atoms with Crippen LogP contribution in [0.4, 0.5) is 0 Å². The molecule has 2 N–H and O–H groups in total. The Morgan fingerprint density at radius 1 is 1.50 bits per heavy atom. The van der Waals surface area contributed by atoms with Crippen LogP contribution in [0.2, 0.25) is 0 Å². The molecule has 14 heavy (non-hydrogen) atoms. The lowest BCUT2D eigenvalue weighted by molar-refractivity contribution is -0.126. The average molecular weight is 233 g/mol. The molecule has 1 saturated heterocycles. The fraction of sp³-hybridized carbons (Fsp3) is 0.778. The zero-order valence-electron chi connectivity index (χ0n) is 7.92. The van der Waals surface area contributed by atoms with E-state index in [1.807, 2.05) is 0 Å². The number of alkyl halides is 1. The van der Waals surface area contributed by atoms with Crippen LogP contribution in [0.3, 0.4) is 0 Å². The largest absolute Gasteiger partial charge is 0.359 e. The van der Waals surface area contributed by atoms with E-state index < -0.39 is 0 Å². The van der Waals surface area contributed by atoms with Gasteiger partial charge in [-0.25, -0.2) is 0 Å². The Hall–Kier alpha value is -0.350. The molecule has 0 radical (unpaired) electrons. The standard InChI is InChI=1S/C9H13ClN2OS/c1-4-2-5(10)3-6-7(4)11-9(14)12-8(6)13/h4-7H,2-3H2,1H3,(H2,11,12,13,14). The van der Waals surface area contributed by atoms with E-state index in [9.17, 15) is 4.79 Å². The molecule has 5 heteroatoms. The summed E-state index contributed by atoms with van der Waals surface area (Å²) >= 11 is 11.0. The van der Waals surface area contributed by atoms with Crippen molar-refractivity contribution in [2.24, 2.45) is 11.8 Å².